The topological polar surface area (TPSA) is 58.2 Å². The fraction of sp³-hybridized carbons (Fsp3) is 0.300. The van der Waals surface area contributed by atoms with Crippen LogP contribution in [-0.2, 0) is 0 Å². The normalized spacial score (nSPS) is 19.3. The van der Waals surface area contributed by atoms with Crippen LogP contribution in [0, 0.1) is 5.92 Å². The van der Waals surface area contributed by atoms with E-state index in [-0.39, 0.29) is 30.1 Å². The van der Waals surface area contributed by atoms with Gasteiger partial charge in [-0.05, 0) is 55.8 Å². The van der Waals surface area contributed by atoms with E-state index in [0.717, 1.165) is 19.5 Å². The van der Waals surface area contributed by atoms with E-state index in [9.17, 15) is 9.59 Å². The van der Waals surface area contributed by atoms with Gasteiger partial charge in [-0.1, -0.05) is 36.7 Å². The molecule has 1 heterocycles. The second-order valence-corrected chi connectivity index (χ2v) is 6.87. The zero-order valence-corrected chi connectivity index (χ0v) is 16.1. The fourth-order valence-electron chi connectivity index (χ4n) is 3.11. The molecule has 1 aliphatic rings. The Kier molecular flexibility index (Phi) is 7.21. The lowest BCUT2D eigenvalue weighted by molar-refractivity contribution is 0.0905. The maximum Gasteiger partial charge on any atom is 0.252 e. The maximum atomic E-state index is 12.8. The van der Waals surface area contributed by atoms with Gasteiger partial charge in [0.1, 0.15) is 0 Å². The molecule has 0 radical (unpaired) electrons. The van der Waals surface area contributed by atoms with Crippen molar-refractivity contribution >= 4 is 35.7 Å². The van der Waals surface area contributed by atoms with Gasteiger partial charge < -0.3 is 10.6 Å². The smallest absolute Gasteiger partial charge is 0.252 e. The first-order chi connectivity index (χ1) is 12.1. The third-order valence-corrected chi connectivity index (χ3v) is 4.88. The van der Waals surface area contributed by atoms with Crippen LogP contribution in [0.4, 0.5) is 0 Å². The second kappa shape index (κ2) is 9.17. The first-order valence-corrected chi connectivity index (χ1v) is 8.85. The van der Waals surface area contributed by atoms with Gasteiger partial charge in [0.05, 0.1) is 5.56 Å². The van der Waals surface area contributed by atoms with Crippen molar-refractivity contribution in [2.45, 2.75) is 19.4 Å². The molecule has 2 aromatic rings. The van der Waals surface area contributed by atoms with Crippen molar-refractivity contribution in [2.75, 3.05) is 13.1 Å². The highest BCUT2D eigenvalue weighted by Gasteiger charge is 2.25. The monoisotopic (exact) mass is 392 g/mol. The Morgan fingerprint density at radius 2 is 1.73 bits per heavy atom. The van der Waals surface area contributed by atoms with Crippen LogP contribution >= 0.6 is 24.0 Å². The molecule has 2 unspecified atom stereocenters. The number of hydrogen-bond acceptors (Lipinski definition) is 3. The highest BCUT2D eigenvalue weighted by Crippen LogP contribution is 2.18. The van der Waals surface area contributed by atoms with Crippen molar-refractivity contribution in [1.29, 1.82) is 0 Å². The van der Waals surface area contributed by atoms with E-state index in [1.54, 1.807) is 48.5 Å². The molecule has 26 heavy (non-hydrogen) atoms. The number of nitrogens with one attached hydrogen (secondary N) is 2. The third-order valence-electron chi connectivity index (χ3n) is 4.62. The standard InChI is InChI=1S/C20H21ClN2O2.ClH/c1-13-12-22-11-10-18(13)23-20(25)17-5-3-2-4-16(17)19(24)14-6-8-15(21)9-7-14;/h2-9,13,18,22H,10-12H2,1H3,(H,23,25);1H. The van der Waals surface area contributed by atoms with Gasteiger partial charge in [-0.2, -0.15) is 0 Å². The van der Waals surface area contributed by atoms with Crippen LogP contribution in [-0.4, -0.2) is 30.8 Å². The van der Waals surface area contributed by atoms with Crippen LogP contribution in [0.3, 0.4) is 0 Å². The van der Waals surface area contributed by atoms with E-state index in [2.05, 4.69) is 17.6 Å². The largest absolute Gasteiger partial charge is 0.349 e. The lowest BCUT2D eigenvalue weighted by atomic mass is 9.93. The molecule has 1 aliphatic heterocycles. The number of carbonyl (C=O) groups excluding carboxylic acids is 2. The Bertz CT molecular complexity index is 778. The quantitative estimate of drug-likeness (QED) is 0.779. The van der Waals surface area contributed by atoms with E-state index < -0.39 is 0 Å². The maximum absolute atomic E-state index is 12.8. The molecule has 0 bridgehead atoms. The summed E-state index contributed by atoms with van der Waals surface area (Å²) < 4.78 is 0. The Morgan fingerprint density at radius 1 is 1.08 bits per heavy atom. The van der Waals surface area contributed by atoms with Crippen molar-refractivity contribution < 1.29 is 9.59 Å². The first kappa shape index (κ1) is 20.4. The van der Waals surface area contributed by atoms with Gasteiger partial charge in [0.2, 0.25) is 0 Å². The second-order valence-electron chi connectivity index (χ2n) is 6.43. The molecule has 0 spiro atoms. The molecular formula is C20H22Cl2N2O2. The summed E-state index contributed by atoms with van der Waals surface area (Å²) in [6.07, 6.45) is 0.889. The number of rotatable bonds is 4. The van der Waals surface area contributed by atoms with Gasteiger partial charge in [0.15, 0.2) is 5.78 Å². The average molecular weight is 393 g/mol. The van der Waals surface area contributed by atoms with Crippen LogP contribution in [0.2, 0.25) is 5.02 Å². The Morgan fingerprint density at radius 3 is 2.38 bits per heavy atom. The number of piperidine rings is 1. The van der Waals surface area contributed by atoms with Crippen molar-refractivity contribution in [1.82, 2.24) is 10.6 Å². The van der Waals surface area contributed by atoms with Gasteiger partial charge in [0.25, 0.3) is 5.91 Å². The molecular weight excluding hydrogens is 371 g/mol. The van der Waals surface area contributed by atoms with Crippen molar-refractivity contribution in [3.63, 3.8) is 0 Å². The van der Waals surface area contributed by atoms with Gasteiger partial charge in [-0.25, -0.2) is 0 Å². The van der Waals surface area contributed by atoms with Crippen LogP contribution < -0.4 is 10.6 Å². The number of ketones is 1. The summed E-state index contributed by atoms with van der Waals surface area (Å²) in [5, 5.41) is 6.98. The number of hydrogen-bond donors (Lipinski definition) is 2. The highest BCUT2D eigenvalue weighted by molar-refractivity contribution is 6.30. The summed E-state index contributed by atoms with van der Waals surface area (Å²) in [4.78, 5) is 25.6. The molecule has 1 amide bonds. The van der Waals surface area contributed by atoms with Crippen molar-refractivity contribution in [3.05, 3.63) is 70.2 Å². The van der Waals surface area contributed by atoms with E-state index in [0.29, 0.717) is 27.6 Å². The molecule has 1 saturated heterocycles. The molecule has 0 saturated carbocycles. The number of carbonyl (C=O) groups is 2. The molecule has 3 rings (SSSR count). The minimum atomic E-state index is -0.198. The third kappa shape index (κ3) is 4.64. The van der Waals surface area contributed by atoms with Crippen LogP contribution in [0.25, 0.3) is 0 Å². The lowest BCUT2D eigenvalue weighted by Gasteiger charge is -2.30. The minimum absolute atomic E-state index is 0. The summed E-state index contributed by atoms with van der Waals surface area (Å²) in [5.41, 5.74) is 1.33. The Balaban J connectivity index is 0.00000243. The van der Waals surface area contributed by atoms with Gasteiger partial charge in [0, 0.05) is 22.2 Å². The SMILES string of the molecule is CC1CNCCC1NC(=O)c1ccccc1C(=O)c1ccc(Cl)cc1.Cl. The summed E-state index contributed by atoms with van der Waals surface area (Å²) in [7, 11) is 0. The molecule has 0 aliphatic carbocycles. The molecule has 0 aromatic heterocycles. The molecule has 4 nitrogen and oxygen atoms in total. The van der Waals surface area contributed by atoms with E-state index >= 15 is 0 Å². The molecule has 138 valence electrons. The lowest BCUT2D eigenvalue weighted by Crippen LogP contribution is -2.48. The van der Waals surface area contributed by atoms with E-state index in [4.69, 9.17) is 11.6 Å². The predicted octanol–water partition coefficient (Wildman–Crippen LogP) is 3.72. The number of benzene rings is 2. The fourth-order valence-corrected chi connectivity index (χ4v) is 3.24. The molecule has 2 atom stereocenters. The van der Waals surface area contributed by atoms with E-state index in [1.165, 1.54) is 0 Å². The molecule has 6 heteroatoms. The zero-order chi connectivity index (χ0) is 17.8. The van der Waals surface area contributed by atoms with Crippen molar-refractivity contribution in [3.8, 4) is 0 Å². The van der Waals surface area contributed by atoms with Crippen molar-refractivity contribution in [2.24, 2.45) is 5.92 Å². The van der Waals surface area contributed by atoms with Gasteiger partial charge in [-0.15, -0.1) is 12.4 Å². The zero-order valence-electron chi connectivity index (χ0n) is 14.5. The first-order valence-electron chi connectivity index (χ1n) is 8.47. The van der Waals surface area contributed by atoms with Gasteiger partial charge >= 0.3 is 0 Å². The number of halogens is 2. The predicted molar refractivity (Wildman–Crippen MR) is 106 cm³/mol. The highest BCUT2D eigenvalue weighted by atomic mass is 35.5. The van der Waals surface area contributed by atoms with E-state index in [1.807, 2.05) is 0 Å². The minimum Gasteiger partial charge on any atom is -0.349 e. The summed E-state index contributed by atoms with van der Waals surface area (Å²) in [6.45, 7) is 3.89. The molecule has 1 fully saturated rings. The average Bonchev–Trinajstić information content (AvgIpc) is 2.63. The number of amides is 1. The summed E-state index contributed by atoms with van der Waals surface area (Å²) in [5.74, 6) is -0.0192. The molecule has 2 aromatic carbocycles. The van der Waals surface area contributed by atoms with Crippen LogP contribution in [0.5, 0.6) is 0 Å². The van der Waals surface area contributed by atoms with Crippen LogP contribution in [0.1, 0.15) is 39.6 Å². The molecule has 2 N–H and O–H groups in total. The Labute approximate surface area is 164 Å². The summed E-state index contributed by atoms with van der Waals surface area (Å²) >= 11 is 5.89. The van der Waals surface area contributed by atoms with Gasteiger partial charge in [-0.3, -0.25) is 9.59 Å². The summed E-state index contributed by atoms with van der Waals surface area (Å²) in [6, 6.07) is 13.8. The Hall–Kier alpha value is -1.88. The van der Waals surface area contributed by atoms with Crippen LogP contribution in [0.15, 0.2) is 48.5 Å².